The van der Waals surface area contributed by atoms with Crippen LogP contribution < -0.4 is 5.73 Å². The summed E-state index contributed by atoms with van der Waals surface area (Å²) in [5.41, 5.74) is 11.1. The number of piperidine rings is 1. The SMILES string of the molecule is Cc1c(C(=O)N2CCC[C@@H](N)C2)[nH]c(-c2ccc3nn(C)cc3c2)c1-c1ccc(C#N)c(F)c1. The first-order valence-electron chi connectivity index (χ1n) is 11.3. The standard InChI is InChI=1S/C26H25FN6O/c1-15-23(16-5-6-18(12-28)21(27)11-16)25(17-7-8-22-19(10-17)13-32(2)31-22)30-24(15)26(34)33-9-3-4-20(29)14-33/h5-8,10-11,13,20,30H,3-4,9,14,29H2,1-2H3/t20-/m1/s1. The average molecular weight is 457 g/mol. The third-order valence-corrected chi connectivity index (χ3v) is 6.49. The molecule has 0 spiro atoms. The smallest absolute Gasteiger partial charge is 0.270 e. The lowest BCUT2D eigenvalue weighted by Gasteiger charge is -2.30. The Morgan fingerprint density at radius 3 is 2.79 bits per heavy atom. The van der Waals surface area contributed by atoms with Crippen LogP contribution in [0.25, 0.3) is 33.3 Å². The Hall–Kier alpha value is -3.96. The topological polar surface area (TPSA) is 104 Å². The minimum Gasteiger partial charge on any atom is -0.350 e. The minimum absolute atomic E-state index is 0.0196. The van der Waals surface area contributed by atoms with E-state index in [9.17, 15) is 9.18 Å². The van der Waals surface area contributed by atoms with E-state index in [1.54, 1.807) is 15.6 Å². The van der Waals surface area contributed by atoms with Gasteiger partial charge in [0.05, 0.1) is 16.8 Å². The Balaban J connectivity index is 1.68. The van der Waals surface area contributed by atoms with Gasteiger partial charge in [0.2, 0.25) is 0 Å². The average Bonchev–Trinajstić information content (AvgIpc) is 3.36. The Labute approximate surface area is 196 Å². The van der Waals surface area contributed by atoms with E-state index in [4.69, 9.17) is 11.0 Å². The summed E-state index contributed by atoms with van der Waals surface area (Å²) in [7, 11) is 1.86. The molecule has 3 N–H and O–H groups in total. The highest BCUT2D eigenvalue weighted by Gasteiger charge is 2.28. The van der Waals surface area contributed by atoms with Gasteiger partial charge in [-0.3, -0.25) is 9.48 Å². The highest BCUT2D eigenvalue weighted by molar-refractivity contribution is 6.00. The number of hydrogen-bond acceptors (Lipinski definition) is 4. The fraction of sp³-hybridized carbons (Fsp3) is 0.269. The van der Waals surface area contributed by atoms with Crippen LogP contribution in [-0.2, 0) is 7.05 Å². The minimum atomic E-state index is -0.593. The van der Waals surface area contributed by atoms with E-state index in [0.29, 0.717) is 24.3 Å². The number of H-pyrrole nitrogens is 1. The monoisotopic (exact) mass is 456 g/mol. The molecule has 0 saturated carbocycles. The largest absolute Gasteiger partial charge is 0.350 e. The number of nitrogens with two attached hydrogens (primary N) is 1. The Morgan fingerprint density at radius 2 is 2.06 bits per heavy atom. The van der Waals surface area contributed by atoms with Gasteiger partial charge in [-0.1, -0.05) is 12.1 Å². The van der Waals surface area contributed by atoms with Crippen molar-refractivity contribution >= 4 is 16.8 Å². The van der Waals surface area contributed by atoms with Crippen molar-refractivity contribution in [3.05, 3.63) is 65.2 Å². The van der Waals surface area contributed by atoms with Gasteiger partial charge in [0.15, 0.2) is 0 Å². The second-order valence-corrected chi connectivity index (χ2v) is 8.91. The van der Waals surface area contributed by atoms with E-state index in [2.05, 4.69) is 10.1 Å². The van der Waals surface area contributed by atoms with Gasteiger partial charge in [-0.2, -0.15) is 10.4 Å². The van der Waals surface area contributed by atoms with Gasteiger partial charge < -0.3 is 15.6 Å². The van der Waals surface area contributed by atoms with E-state index in [0.717, 1.165) is 46.1 Å². The molecule has 1 saturated heterocycles. The summed E-state index contributed by atoms with van der Waals surface area (Å²) in [6, 6.07) is 12.2. The van der Waals surface area contributed by atoms with E-state index < -0.39 is 5.82 Å². The second-order valence-electron chi connectivity index (χ2n) is 8.91. The van der Waals surface area contributed by atoms with E-state index in [1.807, 2.05) is 44.4 Å². The van der Waals surface area contributed by atoms with Crippen molar-refractivity contribution in [2.24, 2.45) is 12.8 Å². The molecule has 1 aliphatic heterocycles. The van der Waals surface area contributed by atoms with Gasteiger partial charge in [0.25, 0.3) is 5.91 Å². The second kappa shape index (κ2) is 8.43. The number of aryl methyl sites for hydroxylation is 1. The van der Waals surface area contributed by atoms with Gasteiger partial charge >= 0.3 is 0 Å². The first kappa shape index (κ1) is 21.9. The molecule has 1 fully saturated rings. The molecule has 0 radical (unpaired) electrons. The molecule has 8 heteroatoms. The number of aromatic nitrogens is 3. The maximum absolute atomic E-state index is 14.6. The fourth-order valence-electron chi connectivity index (χ4n) is 4.80. The molecule has 2 aromatic carbocycles. The lowest BCUT2D eigenvalue weighted by Crippen LogP contribution is -2.46. The van der Waals surface area contributed by atoms with Crippen molar-refractivity contribution in [3.63, 3.8) is 0 Å². The zero-order chi connectivity index (χ0) is 24.0. The molecule has 34 heavy (non-hydrogen) atoms. The van der Waals surface area contributed by atoms with Crippen molar-refractivity contribution in [2.75, 3.05) is 13.1 Å². The molecule has 3 heterocycles. The molecule has 2 aromatic heterocycles. The Kier molecular flexibility index (Phi) is 5.42. The molecule has 0 aliphatic carbocycles. The number of hydrogen-bond donors (Lipinski definition) is 2. The molecule has 1 atom stereocenters. The van der Waals surface area contributed by atoms with Crippen LogP contribution in [0.1, 0.15) is 34.5 Å². The van der Waals surface area contributed by atoms with Crippen molar-refractivity contribution in [1.82, 2.24) is 19.7 Å². The summed E-state index contributed by atoms with van der Waals surface area (Å²) in [4.78, 5) is 18.6. The number of benzene rings is 2. The molecule has 1 aliphatic rings. The molecular weight excluding hydrogens is 431 g/mol. The highest BCUT2D eigenvalue weighted by atomic mass is 19.1. The quantitative estimate of drug-likeness (QED) is 0.484. The lowest BCUT2D eigenvalue weighted by atomic mass is 9.96. The maximum atomic E-state index is 14.6. The number of fused-ring (bicyclic) bond motifs is 1. The molecule has 1 amide bonds. The van der Waals surface area contributed by atoms with E-state index in [-0.39, 0.29) is 17.5 Å². The normalized spacial score (nSPS) is 16.1. The Morgan fingerprint density at radius 1 is 1.26 bits per heavy atom. The van der Waals surface area contributed by atoms with Crippen LogP contribution in [0.2, 0.25) is 0 Å². The number of carbonyl (C=O) groups excluding carboxylic acids is 1. The summed E-state index contributed by atoms with van der Waals surface area (Å²) in [5.74, 6) is -0.708. The maximum Gasteiger partial charge on any atom is 0.270 e. The molecule has 4 aromatic rings. The highest BCUT2D eigenvalue weighted by Crippen LogP contribution is 2.38. The van der Waals surface area contributed by atoms with Gasteiger partial charge in [-0.15, -0.1) is 0 Å². The zero-order valence-electron chi connectivity index (χ0n) is 19.1. The summed E-state index contributed by atoms with van der Waals surface area (Å²) >= 11 is 0. The first-order chi connectivity index (χ1) is 16.4. The summed E-state index contributed by atoms with van der Waals surface area (Å²) in [6.07, 6.45) is 3.70. The number of nitriles is 1. The molecule has 0 unspecified atom stereocenters. The Bertz CT molecular complexity index is 1460. The molecule has 0 bridgehead atoms. The number of rotatable bonds is 3. The van der Waals surface area contributed by atoms with Crippen LogP contribution in [0.5, 0.6) is 0 Å². The van der Waals surface area contributed by atoms with E-state index in [1.165, 1.54) is 12.1 Å². The molecule has 172 valence electrons. The number of amides is 1. The first-order valence-corrected chi connectivity index (χ1v) is 11.3. The van der Waals surface area contributed by atoms with Crippen molar-refractivity contribution in [1.29, 1.82) is 5.26 Å². The molecular formula is C26H25FN6O. The number of aromatic amines is 1. The number of halogens is 1. The van der Waals surface area contributed by atoms with Crippen LogP contribution in [0.3, 0.4) is 0 Å². The number of carbonyl (C=O) groups is 1. The van der Waals surface area contributed by atoms with Gasteiger partial charge in [-0.25, -0.2) is 4.39 Å². The van der Waals surface area contributed by atoms with Crippen LogP contribution in [0.15, 0.2) is 42.6 Å². The number of nitrogens with zero attached hydrogens (tertiary/aromatic N) is 4. The van der Waals surface area contributed by atoms with Crippen LogP contribution in [0.4, 0.5) is 4.39 Å². The predicted octanol–water partition coefficient (Wildman–Crippen LogP) is 4.12. The predicted molar refractivity (Wildman–Crippen MR) is 128 cm³/mol. The van der Waals surface area contributed by atoms with Gasteiger partial charge in [-0.05, 0) is 60.7 Å². The summed E-state index contributed by atoms with van der Waals surface area (Å²) < 4.78 is 16.3. The van der Waals surface area contributed by atoms with Crippen LogP contribution in [-0.4, -0.2) is 44.7 Å². The van der Waals surface area contributed by atoms with Gasteiger partial charge in [0, 0.05) is 43.3 Å². The summed E-state index contributed by atoms with van der Waals surface area (Å²) in [6.45, 7) is 3.03. The van der Waals surface area contributed by atoms with Crippen molar-refractivity contribution < 1.29 is 9.18 Å². The van der Waals surface area contributed by atoms with Gasteiger partial charge in [0.1, 0.15) is 17.6 Å². The van der Waals surface area contributed by atoms with Crippen molar-refractivity contribution in [2.45, 2.75) is 25.8 Å². The third kappa shape index (κ3) is 3.74. The van der Waals surface area contributed by atoms with E-state index >= 15 is 0 Å². The number of likely N-dealkylation sites (tertiary alicyclic amines) is 1. The van der Waals surface area contributed by atoms with Crippen LogP contribution >= 0.6 is 0 Å². The lowest BCUT2D eigenvalue weighted by molar-refractivity contribution is 0.0703. The third-order valence-electron chi connectivity index (χ3n) is 6.49. The zero-order valence-corrected chi connectivity index (χ0v) is 19.1. The van der Waals surface area contributed by atoms with Crippen LogP contribution in [0, 0.1) is 24.1 Å². The summed E-state index contributed by atoms with van der Waals surface area (Å²) in [5, 5.41) is 14.5. The molecule has 7 nitrogen and oxygen atoms in total. The fourth-order valence-corrected chi connectivity index (χ4v) is 4.80. The number of nitrogens with one attached hydrogen (secondary N) is 1. The van der Waals surface area contributed by atoms with Crippen molar-refractivity contribution in [3.8, 4) is 28.5 Å². The molecule has 5 rings (SSSR count).